The van der Waals surface area contributed by atoms with Crippen LogP contribution < -0.4 is 5.32 Å². The minimum absolute atomic E-state index is 0.632. The molecule has 0 spiro atoms. The maximum atomic E-state index is 3.51. The summed E-state index contributed by atoms with van der Waals surface area (Å²) < 4.78 is 1.17. The SMILES string of the molecule is CCNCC(CC)c1cccc(Br)c1. The van der Waals surface area contributed by atoms with Gasteiger partial charge in [-0.1, -0.05) is 41.9 Å². The Morgan fingerprint density at radius 1 is 1.36 bits per heavy atom. The van der Waals surface area contributed by atoms with E-state index < -0.39 is 0 Å². The van der Waals surface area contributed by atoms with Crippen molar-refractivity contribution in [3.05, 3.63) is 34.3 Å². The molecule has 14 heavy (non-hydrogen) atoms. The molecule has 1 nitrogen and oxygen atoms in total. The fourth-order valence-corrected chi connectivity index (χ4v) is 1.99. The van der Waals surface area contributed by atoms with Crippen LogP contribution in [0.2, 0.25) is 0 Å². The molecular formula is C12H18BrN. The van der Waals surface area contributed by atoms with Crippen molar-refractivity contribution in [2.45, 2.75) is 26.2 Å². The summed E-state index contributed by atoms with van der Waals surface area (Å²) in [5, 5.41) is 3.40. The standard InChI is InChI=1S/C12H18BrN/c1-3-10(9-14-4-2)11-6-5-7-12(13)8-11/h5-8,10,14H,3-4,9H2,1-2H3. The average Bonchev–Trinajstić information content (AvgIpc) is 2.19. The molecule has 2 heteroatoms. The zero-order chi connectivity index (χ0) is 10.4. The fourth-order valence-electron chi connectivity index (χ4n) is 1.58. The molecule has 1 unspecified atom stereocenters. The molecule has 1 atom stereocenters. The summed E-state index contributed by atoms with van der Waals surface area (Å²) in [5.41, 5.74) is 1.42. The predicted octanol–water partition coefficient (Wildman–Crippen LogP) is 3.55. The first-order chi connectivity index (χ1) is 6.77. The van der Waals surface area contributed by atoms with E-state index in [1.165, 1.54) is 16.5 Å². The quantitative estimate of drug-likeness (QED) is 0.849. The minimum Gasteiger partial charge on any atom is -0.316 e. The van der Waals surface area contributed by atoms with Crippen molar-refractivity contribution in [1.29, 1.82) is 0 Å². The third-order valence-corrected chi connectivity index (χ3v) is 2.95. The predicted molar refractivity (Wildman–Crippen MR) is 65.7 cm³/mol. The maximum absolute atomic E-state index is 3.51. The maximum Gasteiger partial charge on any atom is 0.0178 e. The summed E-state index contributed by atoms with van der Waals surface area (Å²) in [6.45, 7) is 6.50. The lowest BCUT2D eigenvalue weighted by Crippen LogP contribution is -2.20. The lowest BCUT2D eigenvalue weighted by atomic mass is 9.96. The molecule has 0 radical (unpaired) electrons. The van der Waals surface area contributed by atoms with E-state index in [0.717, 1.165) is 13.1 Å². The van der Waals surface area contributed by atoms with Gasteiger partial charge in [-0.05, 0) is 36.6 Å². The lowest BCUT2D eigenvalue weighted by molar-refractivity contribution is 0.583. The number of likely N-dealkylation sites (N-methyl/N-ethyl adjacent to an activating group) is 1. The number of halogens is 1. The summed E-state index contributed by atoms with van der Waals surface area (Å²) in [6, 6.07) is 8.60. The first kappa shape index (κ1) is 11.7. The molecule has 0 aliphatic carbocycles. The van der Waals surface area contributed by atoms with E-state index in [0.29, 0.717) is 5.92 Å². The van der Waals surface area contributed by atoms with E-state index in [9.17, 15) is 0 Å². The Kier molecular flexibility index (Phi) is 5.20. The third-order valence-electron chi connectivity index (χ3n) is 2.45. The van der Waals surface area contributed by atoms with Crippen molar-refractivity contribution in [3.8, 4) is 0 Å². The van der Waals surface area contributed by atoms with E-state index in [4.69, 9.17) is 0 Å². The first-order valence-corrected chi connectivity index (χ1v) is 6.03. The van der Waals surface area contributed by atoms with Crippen molar-refractivity contribution in [3.63, 3.8) is 0 Å². The van der Waals surface area contributed by atoms with Gasteiger partial charge in [-0.2, -0.15) is 0 Å². The summed E-state index contributed by atoms with van der Waals surface area (Å²) in [5.74, 6) is 0.632. The molecule has 0 saturated heterocycles. The molecule has 0 amide bonds. The van der Waals surface area contributed by atoms with Crippen molar-refractivity contribution < 1.29 is 0 Å². The van der Waals surface area contributed by atoms with E-state index >= 15 is 0 Å². The topological polar surface area (TPSA) is 12.0 Å². The average molecular weight is 256 g/mol. The van der Waals surface area contributed by atoms with Gasteiger partial charge in [0, 0.05) is 11.0 Å². The van der Waals surface area contributed by atoms with Gasteiger partial charge in [0.15, 0.2) is 0 Å². The zero-order valence-corrected chi connectivity index (χ0v) is 10.5. The second-order valence-corrected chi connectivity index (χ2v) is 4.38. The fraction of sp³-hybridized carbons (Fsp3) is 0.500. The zero-order valence-electron chi connectivity index (χ0n) is 8.89. The summed E-state index contributed by atoms with van der Waals surface area (Å²) >= 11 is 3.51. The molecule has 0 aromatic heterocycles. The molecule has 0 fully saturated rings. The number of hydrogen-bond acceptors (Lipinski definition) is 1. The van der Waals surface area contributed by atoms with Crippen LogP contribution in [0.3, 0.4) is 0 Å². The van der Waals surface area contributed by atoms with Crippen LogP contribution in [-0.4, -0.2) is 13.1 Å². The van der Waals surface area contributed by atoms with Gasteiger partial charge < -0.3 is 5.32 Å². The van der Waals surface area contributed by atoms with Gasteiger partial charge in [-0.15, -0.1) is 0 Å². The molecule has 1 aromatic carbocycles. The van der Waals surface area contributed by atoms with Gasteiger partial charge >= 0.3 is 0 Å². The second kappa shape index (κ2) is 6.20. The van der Waals surface area contributed by atoms with Gasteiger partial charge in [0.1, 0.15) is 0 Å². The minimum atomic E-state index is 0.632. The third kappa shape index (κ3) is 3.43. The van der Waals surface area contributed by atoms with Crippen LogP contribution in [0.15, 0.2) is 28.7 Å². The summed E-state index contributed by atoms with van der Waals surface area (Å²) in [7, 11) is 0. The van der Waals surface area contributed by atoms with Crippen LogP contribution in [0.5, 0.6) is 0 Å². The Balaban J connectivity index is 2.68. The molecule has 0 saturated carbocycles. The highest BCUT2D eigenvalue weighted by Gasteiger charge is 2.08. The van der Waals surface area contributed by atoms with Crippen LogP contribution >= 0.6 is 15.9 Å². The molecule has 0 aliphatic rings. The molecule has 1 aromatic rings. The smallest absolute Gasteiger partial charge is 0.0178 e. The molecule has 1 rings (SSSR count). The van der Waals surface area contributed by atoms with Crippen molar-refractivity contribution in [2.75, 3.05) is 13.1 Å². The van der Waals surface area contributed by atoms with Gasteiger partial charge in [0.2, 0.25) is 0 Å². The van der Waals surface area contributed by atoms with Crippen LogP contribution in [-0.2, 0) is 0 Å². The van der Waals surface area contributed by atoms with Gasteiger partial charge in [-0.25, -0.2) is 0 Å². The van der Waals surface area contributed by atoms with E-state index in [2.05, 4.69) is 59.4 Å². The molecular weight excluding hydrogens is 238 g/mol. The van der Waals surface area contributed by atoms with Gasteiger partial charge in [-0.3, -0.25) is 0 Å². The summed E-state index contributed by atoms with van der Waals surface area (Å²) in [4.78, 5) is 0. The highest BCUT2D eigenvalue weighted by Crippen LogP contribution is 2.21. The summed E-state index contributed by atoms with van der Waals surface area (Å²) in [6.07, 6.45) is 1.18. The Bertz CT molecular complexity index is 273. The first-order valence-electron chi connectivity index (χ1n) is 5.24. The van der Waals surface area contributed by atoms with Crippen molar-refractivity contribution in [2.24, 2.45) is 0 Å². The Hall–Kier alpha value is -0.340. The van der Waals surface area contributed by atoms with Crippen LogP contribution in [0.1, 0.15) is 31.7 Å². The number of rotatable bonds is 5. The van der Waals surface area contributed by atoms with Gasteiger partial charge in [0.25, 0.3) is 0 Å². The van der Waals surface area contributed by atoms with Crippen LogP contribution in [0.25, 0.3) is 0 Å². The molecule has 78 valence electrons. The van der Waals surface area contributed by atoms with Crippen molar-refractivity contribution >= 4 is 15.9 Å². The normalized spacial score (nSPS) is 12.8. The lowest BCUT2D eigenvalue weighted by Gasteiger charge is -2.15. The van der Waals surface area contributed by atoms with Gasteiger partial charge in [0.05, 0.1) is 0 Å². The number of hydrogen-bond donors (Lipinski definition) is 1. The number of benzene rings is 1. The molecule has 1 N–H and O–H groups in total. The second-order valence-electron chi connectivity index (χ2n) is 3.47. The molecule has 0 bridgehead atoms. The largest absolute Gasteiger partial charge is 0.316 e. The number of nitrogens with one attached hydrogen (secondary N) is 1. The molecule has 0 aliphatic heterocycles. The monoisotopic (exact) mass is 255 g/mol. The van der Waals surface area contributed by atoms with Crippen LogP contribution in [0, 0.1) is 0 Å². The highest BCUT2D eigenvalue weighted by molar-refractivity contribution is 9.10. The Morgan fingerprint density at radius 3 is 2.71 bits per heavy atom. The highest BCUT2D eigenvalue weighted by atomic mass is 79.9. The Morgan fingerprint density at radius 2 is 2.14 bits per heavy atom. The van der Waals surface area contributed by atoms with E-state index in [1.807, 2.05) is 0 Å². The van der Waals surface area contributed by atoms with E-state index in [-0.39, 0.29) is 0 Å². The van der Waals surface area contributed by atoms with Crippen molar-refractivity contribution in [1.82, 2.24) is 5.32 Å². The molecule has 0 heterocycles. The van der Waals surface area contributed by atoms with Crippen LogP contribution in [0.4, 0.5) is 0 Å². The Labute approximate surface area is 95.0 Å². The van der Waals surface area contributed by atoms with E-state index in [1.54, 1.807) is 0 Å².